The molecule has 5 nitrogen and oxygen atoms in total. The van der Waals surface area contributed by atoms with Crippen LogP contribution in [0.4, 0.5) is 0 Å². The first-order chi connectivity index (χ1) is 15.4. The first-order valence-electron chi connectivity index (χ1n) is 10.8. The summed E-state index contributed by atoms with van der Waals surface area (Å²) in [5, 5.41) is 5.56. The number of hydrogen-bond acceptors (Lipinski definition) is 3. The third-order valence-corrected chi connectivity index (χ3v) is 5.79. The first-order valence-corrected chi connectivity index (χ1v) is 11.2. The van der Waals surface area contributed by atoms with Crippen molar-refractivity contribution in [3.63, 3.8) is 0 Å². The van der Waals surface area contributed by atoms with Gasteiger partial charge >= 0.3 is 0 Å². The highest BCUT2D eigenvalue weighted by atomic mass is 35.5. The molecule has 0 saturated heterocycles. The highest BCUT2D eigenvalue weighted by molar-refractivity contribution is 6.30. The Hall–Kier alpha value is -3.05. The van der Waals surface area contributed by atoms with E-state index < -0.39 is 6.04 Å². The Bertz CT molecular complexity index is 1060. The fraction of sp³-hybridized carbons (Fsp3) is 0.308. The third kappa shape index (κ3) is 6.01. The van der Waals surface area contributed by atoms with E-state index in [-0.39, 0.29) is 31.0 Å². The molecular weight excluding hydrogens is 424 g/mol. The van der Waals surface area contributed by atoms with Crippen molar-refractivity contribution in [2.45, 2.75) is 45.8 Å². The van der Waals surface area contributed by atoms with E-state index in [9.17, 15) is 9.59 Å². The summed E-state index contributed by atoms with van der Waals surface area (Å²) in [6.07, 6.45) is 0.813. The van der Waals surface area contributed by atoms with Crippen LogP contribution in [-0.4, -0.2) is 35.4 Å². The number of ether oxygens (including phenoxy) is 1. The number of rotatable bonds is 9. The molecule has 32 heavy (non-hydrogen) atoms. The highest BCUT2D eigenvalue weighted by Gasteiger charge is 2.27. The molecular formula is C26H29ClN2O3. The molecule has 0 saturated carbocycles. The van der Waals surface area contributed by atoms with E-state index >= 15 is 0 Å². The molecule has 0 radical (unpaired) electrons. The van der Waals surface area contributed by atoms with Gasteiger partial charge in [-0.15, -0.1) is 0 Å². The Labute approximate surface area is 194 Å². The molecule has 0 aromatic heterocycles. The van der Waals surface area contributed by atoms with Crippen LogP contribution in [-0.2, 0) is 16.1 Å². The summed E-state index contributed by atoms with van der Waals surface area (Å²) in [6, 6.07) is 20.2. The maximum absolute atomic E-state index is 13.2. The van der Waals surface area contributed by atoms with Gasteiger partial charge < -0.3 is 15.0 Å². The molecule has 0 spiro atoms. The van der Waals surface area contributed by atoms with Crippen LogP contribution in [0.15, 0.2) is 66.7 Å². The highest BCUT2D eigenvalue weighted by Crippen LogP contribution is 2.25. The third-order valence-electron chi connectivity index (χ3n) is 5.54. The molecule has 6 heteroatoms. The average Bonchev–Trinajstić information content (AvgIpc) is 2.81. The lowest BCUT2D eigenvalue weighted by molar-refractivity contribution is -0.142. The number of amides is 2. The molecule has 3 rings (SSSR count). The molecule has 3 aromatic carbocycles. The number of nitrogens with one attached hydrogen (secondary N) is 1. The summed E-state index contributed by atoms with van der Waals surface area (Å²) in [5.41, 5.74) is 0.885. The fourth-order valence-electron chi connectivity index (χ4n) is 3.38. The number of benzene rings is 3. The van der Waals surface area contributed by atoms with Crippen LogP contribution < -0.4 is 10.1 Å². The molecule has 3 aromatic rings. The normalized spacial score (nSPS) is 12.8. The zero-order chi connectivity index (χ0) is 23.1. The summed E-state index contributed by atoms with van der Waals surface area (Å²) in [6.45, 7) is 5.81. The predicted octanol–water partition coefficient (Wildman–Crippen LogP) is 5.20. The van der Waals surface area contributed by atoms with Crippen LogP contribution >= 0.6 is 11.6 Å². The molecule has 0 aliphatic rings. The van der Waals surface area contributed by atoms with Crippen LogP contribution in [0.5, 0.6) is 5.75 Å². The quantitative estimate of drug-likeness (QED) is 0.485. The van der Waals surface area contributed by atoms with E-state index in [1.807, 2.05) is 68.4 Å². The van der Waals surface area contributed by atoms with Gasteiger partial charge in [0.05, 0.1) is 0 Å². The molecule has 0 bridgehead atoms. The Morgan fingerprint density at radius 1 is 1.00 bits per heavy atom. The van der Waals surface area contributed by atoms with E-state index in [1.165, 1.54) is 0 Å². The number of fused-ring (bicyclic) bond motifs is 1. The molecule has 0 aliphatic carbocycles. The number of carbonyl (C=O) groups excluding carboxylic acids is 2. The topological polar surface area (TPSA) is 58.6 Å². The van der Waals surface area contributed by atoms with Crippen LogP contribution in [0.3, 0.4) is 0 Å². The lowest BCUT2D eigenvalue weighted by Crippen LogP contribution is -2.50. The van der Waals surface area contributed by atoms with E-state index in [2.05, 4.69) is 5.32 Å². The molecule has 0 aliphatic heterocycles. The van der Waals surface area contributed by atoms with Crippen molar-refractivity contribution in [3.8, 4) is 5.75 Å². The van der Waals surface area contributed by atoms with Gasteiger partial charge in [-0.25, -0.2) is 0 Å². The van der Waals surface area contributed by atoms with E-state index in [4.69, 9.17) is 16.3 Å². The van der Waals surface area contributed by atoms with Crippen molar-refractivity contribution in [2.75, 3.05) is 6.61 Å². The number of nitrogens with zero attached hydrogens (tertiary/aromatic N) is 1. The van der Waals surface area contributed by atoms with Crippen molar-refractivity contribution in [3.05, 3.63) is 77.3 Å². The Balaban J connectivity index is 1.78. The first kappa shape index (κ1) is 23.6. The Kier molecular flexibility index (Phi) is 8.12. The number of halogens is 1. The summed E-state index contributed by atoms with van der Waals surface area (Å²) in [5.74, 6) is 0.186. The summed E-state index contributed by atoms with van der Waals surface area (Å²) >= 11 is 6.00. The van der Waals surface area contributed by atoms with Gasteiger partial charge in [-0.05, 0) is 49.4 Å². The Morgan fingerprint density at radius 3 is 2.41 bits per heavy atom. The van der Waals surface area contributed by atoms with E-state index in [0.29, 0.717) is 10.8 Å². The van der Waals surface area contributed by atoms with Crippen molar-refractivity contribution < 1.29 is 14.3 Å². The molecule has 1 N–H and O–H groups in total. The van der Waals surface area contributed by atoms with Crippen molar-refractivity contribution in [1.82, 2.24) is 10.2 Å². The lowest BCUT2D eigenvalue weighted by atomic mass is 10.1. The van der Waals surface area contributed by atoms with Gasteiger partial charge in [-0.3, -0.25) is 9.59 Å². The molecule has 2 atom stereocenters. The smallest absolute Gasteiger partial charge is 0.261 e. The van der Waals surface area contributed by atoms with Gasteiger partial charge in [0.15, 0.2) is 6.61 Å². The lowest BCUT2D eigenvalue weighted by Gasteiger charge is -2.29. The second kappa shape index (κ2) is 11.0. The monoisotopic (exact) mass is 452 g/mol. The maximum Gasteiger partial charge on any atom is 0.261 e. The summed E-state index contributed by atoms with van der Waals surface area (Å²) in [7, 11) is 0. The predicted molar refractivity (Wildman–Crippen MR) is 129 cm³/mol. The zero-order valence-electron chi connectivity index (χ0n) is 18.7. The molecule has 168 valence electrons. The van der Waals surface area contributed by atoms with Gasteiger partial charge in [0.25, 0.3) is 5.91 Å². The van der Waals surface area contributed by atoms with Crippen molar-refractivity contribution in [2.24, 2.45) is 0 Å². The van der Waals surface area contributed by atoms with Gasteiger partial charge in [0.2, 0.25) is 5.91 Å². The standard InChI is InChI=1S/C26H29ClN2O3/c1-4-18(2)28-26(31)19(3)29(16-20-12-14-22(27)15-13-20)25(30)17-32-24-11-7-9-21-8-5-6-10-23(21)24/h5-15,18-19H,4,16-17H2,1-3H3,(H,28,31)/t18-,19+/m0/s1. The van der Waals surface area contributed by atoms with Crippen LogP contribution in [0, 0.1) is 0 Å². The van der Waals surface area contributed by atoms with Crippen LogP contribution in [0.2, 0.25) is 5.02 Å². The van der Waals surface area contributed by atoms with E-state index in [0.717, 1.165) is 22.8 Å². The van der Waals surface area contributed by atoms with Crippen molar-refractivity contribution in [1.29, 1.82) is 0 Å². The van der Waals surface area contributed by atoms with Crippen LogP contribution in [0.25, 0.3) is 10.8 Å². The zero-order valence-corrected chi connectivity index (χ0v) is 19.4. The van der Waals surface area contributed by atoms with Crippen molar-refractivity contribution >= 4 is 34.2 Å². The molecule has 0 fully saturated rings. The summed E-state index contributed by atoms with van der Waals surface area (Å²) in [4.78, 5) is 27.6. The Morgan fingerprint density at radius 2 is 1.69 bits per heavy atom. The minimum atomic E-state index is -0.650. The molecule has 0 unspecified atom stereocenters. The fourth-order valence-corrected chi connectivity index (χ4v) is 3.50. The molecule has 0 heterocycles. The average molecular weight is 453 g/mol. The van der Waals surface area contributed by atoms with E-state index in [1.54, 1.807) is 24.0 Å². The molecule has 2 amide bonds. The largest absolute Gasteiger partial charge is 0.483 e. The van der Waals surface area contributed by atoms with Gasteiger partial charge in [0, 0.05) is 23.0 Å². The van der Waals surface area contributed by atoms with Crippen LogP contribution in [0.1, 0.15) is 32.8 Å². The number of carbonyl (C=O) groups is 2. The summed E-state index contributed by atoms with van der Waals surface area (Å²) < 4.78 is 5.91. The van der Waals surface area contributed by atoms with Gasteiger partial charge in [-0.2, -0.15) is 0 Å². The number of hydrogen-bond donors (Lipinski definition) is 1. The van der Waals surface area contributed by atoms with Gasteiger partial charge in [-0.1, -0.05) is 67.1 Å². The minimum absolute atomic E-state index is 0.0318. The second-order valence-corrected chi connectivity index (χ2v) is 8.34. The van der Waals surface area contributed by atoms with Gasteiger partial charge in [0.1, 0.15) is 11.8 Å². The minimum Gasteiger partial charge on any atom is -0.483 e. The SMILES string of the molecule is CC[C@H](C)NC(=O)[C@@H](C)N(Cc1ccc(Cl)cc1)C(=O)COc1cccc2ccccc12. The maximum atomic E-state index is 13.2. The second-order valence-electron chi connectivity index (χ2n) is 7.91.